The normalized spacial score (nSPS) is 40.8. The number of rotatable bonds is 1. The maximum absolute atomic E-state index is 10.7. The highest BCUT2D eigenvalue weighted by Crippen LogP contribution is 2.37. The van der Waals surface area contributed by atoms with E-state index in [0.717, 1.165) is 32.3 Å². The molecular weight excluding hydrogens is 156 g/mol. The van der Waals surface area contributed by atoms with Gasteiger partial charge in [0.05, 0.1) is 12.0 Å². The molecule has 2 fully saturated rings. The summed E-state index contributed by atoms with van der Waals surface area (Å²) >= 11 is 0. The Morgan fingerprint density at radius 3 is 2.92 bits per heavy atom. The molecule has 0 aromatic carbocycles. The van der Waals surface area contributed by atoms with Gasteiger partial charge >= 0.3 is 5.97 Å². The lowest BCUT2D eigenvalue weighted by Crippen LogP contribution is -2.29. The topological polar surface area (TPSA) is 46.5 Å². The summed E-state index contributed by atoms with van der Waals surface area (Å²) in [6, 6.07) is 0. The van der Waals surface area contributed by atoms with Crippen molar-refractivity contribution < 1.29 is 14.6 Å². The number of aliphatic carboxylic acids is 1. The number of hydrogen-bond acceptors (Lipinski definition) is 2. The molecule has 3 heteroatoms. The third-order valence-corrected chi connectivity index (χ3v) is 3.08. The quantitative estimate of drug-likeness (QED) is 0.644. The van der Waals surface area contributed by atoms with Crippen molar-refractivity contribution >= 4 is 5.97 Å². The molecule has 0 amide bonds. The van der Waals surface area contributed by atoms with Crippen LogP contribution in [0.2, 0.25) is 0 Å². The summed E-state index contributed by atoms with van der Waals surface area (Å²) in [5, 5.41) is 8.82. The minimum atomic E-state index is -0.625. The lowest BCUT2D eigenvalue weighted by molar-refractivity contribution is -0.144. The van der Waals surface area contributed by atoms with Gasteiger partial charge in [0.15, 0.2) is 0 Å². The second-order valence-corrected chi connectivity index (χ2v) is 3.81. The van der Waals surface area contributed by atoms with Crippen LogP contribution < -0.4 is 0 Å². The van der Waals surface area contributed by atoms with Crippen molar-refractivity contribution in [1.82, 2.24) is 0 Å². The average Bonchev–Trinajstić information content (AvgIpc) is 2.49. The smallest absolute Gasteiger partial charge is 0.306 e. The van der Waals surface area contributed by atoms with Crippen molar-refractivity contribution in [3.8, 4) is 0 Å². The Bertz CT molecular complexity index is 190. The molecule has 0 radical (unpaired) electrons. The molecule has 0 spiro atoms. The highest BCUT2D eigenvalue weighted by Gasteiger charge is 2.37. The van der Waals surface area contributed by atoms with Crippen molar-refractivity contribution in [2.24, 2.45) is 11.8 Å². The van der Waals surface area contributed by atoms with Crippen LogP contribution in [0.1, 0.15) is 25.7 Å². The SMILES string of the molecule is O=C(O)C1CC[C@@H]2OCCC2C1. The second kappa shape index (κ2) is 3.05. The Balaban J connectivity index is 1.96. The van der Waals surface area contributed by atoms with E-state index in [1.807, 2.05) is 0 Å². The summed E-state index contributed by atoms with van der Waals surface area (Å²) in [6.07, 6.45) is 4.02. The number of fused-ring (bicyclic) bond motifs is 1. The van der Waals surface area contributed by atoms with Gasteiger partial charge in [0.2, 0.25) is 0 Å². The van der Waals surface area contributed by atoms with Crippen LogP contribution in [0.15, 0.2) is 0 Å². The van der Waals surface area contributed by atoms with Gasteiger partial charge in [-0.05, 0) is 31.6 Å². The van der Waals surface area contributed by atoms with Crippen molar-refractivity contribution in [3.05, 3.63) is 0 Å². The van der Waals surface area contributed by atoms with E-state index in [0.29, 0.717) is 12.0 Å². The second-order valence-electron chi connectivity index (χ2n) is 3.81. The van der Waals surface area contributed by atoms with E-state index in [-0.39, 0.29) is 5.92 Å². The Labute approximate surface area is 71.7 Å². The van der Waals surface area contributed by atoms with E-state index >= 15 is 0 Å². The van der Waals surface area contributed by atoms with Crippen LogP contribution >= 0.6 is 0 Å². The first-order valence-corrected chi connectivity index (χ1v) is 4.62. The van der Waals surface area contributed by atoms with E-state index in [1.54, 1.807) is 0 Å². The number of carboxylic acids is 1. The fourth-order valence-corrected chi connectivity index (χ4v) is 2.35. The molecule has 1 aliphatic carbocycles. The monoisotopic (exact) mass is 170 g/mol. The van der Waals surface area contributed by atoms with Crippen molar-refractivity contribution in [2.45, 2.75) is 31.8 Å². The minimum Gasteiger partial charge on any atom is -0.481 e. The molecule has 0 bridgehead atoms. The van der Waals surface area contributed by atoms with Gasteiger partial charge in [0.1, 0.15) is 0 Å². The van der Waals surface area contributed by atoms with Gasteiger partial charge in [-0.2, -0.15) is 0 Å². The number of carboxylic acid groups (broad SMARTS) is 1. The van der Waals surface area contributed by atoms with Crippen LogP contribution in [0.25, 0.3) is 0 Å². The van der Waals surface area contributed by atoms with Gasteiger partial charge in [-0.1, -0.05) is 0 Å². The van der Waals surface area contributed by atoms with Crippen LogP contribution in [0.5, 0.6) is 0 Å². The van der Waals surface area contributed by atoms with Gasteiger partial charge in [0.25, 0.3) is 0 Å². The predicted octanol–water partition coefficient (Wildman–Crippen LogP) is 1.28. The minimum absolute atomic E-state index is 0.104. The predicted molar refractivity (Wildman–Crippen MR) is 42.8 cm³/mol. The van der Waals surface area contributed by atoms with Gasteiger partial charge in [-0.25, -0.2) is 0 Å². The van der Waals surface area contributed by atoms with Crippen LogP contribution in [0.3, 0.4) is 0 Å². The summed E-state index contributed by atoms with van der Waals surface area (Å²) in [6.45, 7) is 0.835. The lowest BCUT2D eigenvalue weighted by atomic mass is 9.79. The molecule has 0 aromatic heterocycles. The maximum atomic E-state index is 10.7. The molecule has 1 heterocycles. The van der Waals surface area contributed by atoms with Crippen molar-refractivity contribution in [1.29, 1.82) is 0 Å². The maximum Gasteiger partial charge on any atom is 0.306 e. The third-order valence-electron chi connectivity index (χ3n) is 3.08. The Hall–Kier alpha value is -0.570. The van der Waals surface area contributed by atoms with Crippen LogP contribution in [-0.4, -0.2) is 23.8 Å². The summed E-state index contributed by atoms with van der Waals surface area (Å²) in [4.78, 5) is 10.7. The Morgan fingerprint density at radius 1 is 1.33 bits per heavy atom. The molecule has 1 saturated heterocycles. The van der Waals surface area contributed by atoms with Crippen molar-refractivity contribution in [2.75, 3.05) is 6.61 Å². The molecule has 1 N–H and O–H groups in total. The summed E-state index contributed by atoms with van der Waals surface area (Å²) < 4.78 is 5.49. The third kappa shape index (κ3) is 1.33. The number of carbonyl (C=O) groups is 1. The fraction of sp³-hybridized carbons (Fsp3) is 0.889. The summed E-state index contributed by atoms with van der Waals surface area (Å²) in [5.74, 6) is -0.201. The van der Waals surface area contributed by atoms with E-state index < -0.39 is 5.97 Å². The highest BCUT2D eigenvalue weighted by atomic mass is 16.5. The first-order valence-electron chi connectivity index (χ1n) is 4.62. The lowest BCUT2D eigenvalue weighted by Gasteiger charge is -2.28. The zero-order valence-corrected chi connectivity index (χ0v) is 7.03. The average molecular weight is 170 g/mol. The van der Waals surface area contributed by atoms with Crippen LogP contribution in [0.4, 0.5) is 0 Å². The Morgan fingerprint density at radius 2 is 2.17 bits per heavy atom. The van der Waals surface area contributed by atoms with Gasteiger partial charge < -0.3 is 9.84 Å². The molecule has 3 nitrogen and oxygen atoms in total. The van der Waals surface area contributed by atoms with Crippen LogP contribution in [0, 0.1) is 11.8 Å². The molecular formula is C9H14O3. The molecule has 12 heavy (non-hydrogen) atoms. The summed E-state index contributed by atoms with van der Waals surface area (Å²) in [7, 11) is 0. The molecule has 1 aliphatic heterocycles. The molecule has 2 rings (SSSR count). The van der Waals surface area contributed by atoms with Crippen LogP contribution in [-0.2, 0) is 9.53 Å². The molecule has 2 aliphatic rings. The number of hydrogen-bond donors (Lipinski definition) is 1. The van der Waals surface area contributed by atoms with Crippen molar-refractivity contribution in [3.63, 3.8) is 0 Å². The first kappa shape index (κ1) is 8.05. The van der Waals surface area contributed by atoms with E-state index in [2.05, 4.69) is 0 Å². The molecule has 2 unspecified atom stereocenters. The van der Waals surface area contributed by atoms with Gasteiger partial charge in [0, 0.05) is 6.61 Å². The van der Waals surface area contributed by atoms with E-state index in [1.165, 1.54) is 0 Å². The molecule has 0 aromatic rings. The van der Waals surface area contributed by atoms with E-state index in [4.69, 9.17) is 9.84 Å². The van der Waals surface area contributed by atoms with Gasteiger partial charge in [-0.3, -0.25) is 4.79 Å². The fourth-order valence-electron chi connectivity index (χ4n) is 2.35. The highest BCUT2D eigenvalue weighted by molar-refractivity contribution is 5.70. The Kier molecular flexibility index (Phi) is 2.05. The zero-order valence-electron chi connectivity index (χ0n) is 7.03. The summed E-state index contributed by atoms with van der Waals surface area (Å²) in [5.41, 5.74) is 0. The first-order chi connectivity index (χ1) is 5.77. The zero-order chi connectivity index (χ0) is 8.55. The number of ether oxygens (including phenoxy) is 1. The largest absolute Gasteiger partial charge is 0.481 e. The van der Waals surface area contributed by atoms with E-state index in [9.17, 15) is 4.79 Å². The molecule has 68 valence electrons. The molecule has 1 saturated carbocycles. The standard InChI is InChI=1S/C9H14O3/c10-9(11)7-1-2-8-6(5-7)3-4-12-8/h6-8H,1-5H2,(H,10,11)/t6?,7?,8-/m0/s1. The molecule has 3 atom stereocenters. The van der Waals surface area contributed by atoms with Gasteiger partial charge in [-0.15, -0.1) is 0 Å².